The van der Waals surface area contributed by atoms with Gasteiger partial charge in [0.05, 0.1) is 30.4 Å². The molecule has 0 amide bonds. The van der Waals surface area contributed by atoms with E-state index in [1.54, 1.807) is 18.6 Å². The summed E-state index contributed by atoms with van der Waals surface area (Å²) in [6.07, 6.45) is 9.54. The lowest BCUT2D eigenvalue weighted by Crippen LogP contribution is -2.57. The van der Waals surface area contributed by atoms with Crippen molar-refractivity contribution in [3.8, 4) is 11.3 Å². The van der Waals surface area contributed by atoms with Crippen molar-refractivity contribution in [3.05, 3.63) is 42.1 Å². The molecule has 0 radical (unpaired) electrons. The number of hydrogen-bond acceptors (Lipinski definition) is 4. The van der Waals surface area contributed by atoms with Crippen LogP contribution in [-0.2, 0) is 14.3 Å². The summed E-state index contributed by atoms with van der Waals surface area (Å²) in [4.78, 5) is 28.8. The number of rotatable bonds is 6. The fourth-order valence-electron chi connectivity index (χ4n) is 7.33. The molecule has 1 aromatic heterocycles. The van der Waals surface area contributed by atoms with Crippen molar-refractivity contribution < 1.29 is 18.7 Å². The van der Waals surface area contributed by atoms with Gasteiger partial charge in [-0.1, -0.05) is 12.1 Å². The molecule has 3 unspecified atom stereocenters. The number of halogens is 1. The van der Waals surface area contributed by atoms with E-state index in [9.17, 15) is 14.0 Å². The van der Waals surface area contributed by atoms with Crippen LogP contribution in [0, 0.1) is 29.0 Å². The summed E-state index contributed by atoms with van der Waals surface area (Å²) in [6.45, 7) is 0.144. The number of ketones is 1. The number of imidazole rings is 1. The van der Waals surface area contributed by atoms with Crippen LogP contribution in [0.5, 0.6) is 0 Å². The van der Waals surface area contributed by atoms with Gasteiger partial charge in [0, 0.05) is 23.0 Å². The minimum Gasteiger partial charge on any atom is -0.370 e. The Morgan fingerprint density at radius 1 is 1.27 bits per heavy atom. The Labute approximate surface area is 174 Å². The Bertz CT molecular complexity index is 1020. The van der Waals surface area contributed by atoms with Crippen molar-refractivity contribution in [2.45, 2.75) is 50.7 Å². The molecule has 30 heavy (non-hydrogen) atoms. The Kier molecular flexibility index (Phi) is 4.04. The first-order valence-corrected chi connectivity index (χ1v) is 11.0. The Morgan fingerprint density at radius 3 is 2.83 bits per heavy atom. The molecule has 4 aliphatic carbocycles. The van der Waals surface area contributed by atoms with Crippen molar-refractivity contribution in [2.75, 3.05) is 6.61 Å². The second-order valence-electron chi connectivity index (χ2n) is 9.75. The maximum atomic E-state index is 14.8. The smallest absolute Gasteiger partial charge is 0.145 e. The highest BCUT2D eigenvalue weighted by atomic mass is 19.1. The highest BCUT2D eigenvalue weighted by Gasteiger charge is 2.58. The largest absolute Gasteiger partial charge is 0.370 e. The summed E-state index contributed by atoms with van der Waals surface area (Å²) >= 11 is 0. The lowest BCUT2D eigenvalue weighted by Gasteiger charge is -2.59. The molecule has 6 heteroatoms. The van der Waals surface area contributed by atoms with E-state index in [4.69, 9.17) is 4.74 Å². The zero-order valence-electron chi connectivity index (χ0n) is 16.8. The number of hydrogen-bond donors (Lipinski definition) is 0. The maximum Gasteiger partial charge on any atom is 0.145 e. The number of aldehydes is 1. The minimum absolute atomic E-state index is 0.109. The average molecular weight is 408 g/mol. The molecule has 2 aromatic rings. The van der Waals surface area contributed by atoms with Crippen LogP contribution in [0.4, 0.5) is 4.39 Å². The second-order valence-corrected chi connectivity index (χ2v) is 9.75. The zero-order chi connectivity index (χ0) is 20.5. The van der Waals surface area contributed by atoms with E-state index in [1.165, 1.54) is 6.07 Å². The third kappa shape index (κ3) is 2.52. The molecule has 7 rings (SSSR count). The first-order valence-electron chi connectivity index (χ1n) is 11.0. The monoisotopic (exact) mass is 408 g/mol. The average Bonchev–Trinajstić information content (AvgIpc) is 3.30. The van der Waals surface area contributed by atoms with Gasteiger partial charge < -0.3 is 14.1 Å². The SMILES string of the molecule is O=CCOC1C2CC3CC1CC(C(=O)CC1c4c(F)cccc4-c4cncn41)(C3)C2. The molecule has 156 valence electrons. The van der Waals surface area contributed by atoms with Crippen LogP contribution in [0.15, 0.2) is 30.7 Å². The minimum atomic E-state index is -0.318. The third-order valence-electron chi connectivity index (χ3n) is 8.18. The number of nitrogens with zero attached hydrogens (tertiary/aromatic N) is 2. The van der Waals surface area contributed by atoms with Crippen LogP contribution in [0.1, 0.15) is 50.1 Å². The summed E-state index contributed by atoms with van der Waals surface area (Å²) in [6, 6.07) is 4.79. The molecule has 0 N–H and O–H groups in total. The lowest BCUT2D eigenvalue weighted by atomic mass is 9.47. The van der Waals surface area contributed by atoms with Crippen LogP contribution in [0.2, 0.25) is 0 Å². The molecule has 4 saturated carbocycles. The summed E-state index contributed by atoms with van der Waals surface area (Å²) in [5.74, 6) is 1.30. The maximum absolute atomic E-state index is 14.8. The van der Waals surface area contributed by atoms with Crippen LogP contribution in [-0.4, -0.2) is 34.3 Å². The zero-order valence-corrected chi connectivity index (χ0v) is 16.8. The molecular weight excluding hydrogens is 383 g/mol. The molecule has 5 nitrogen and oxygen atoms in total. The van der Waals surface area contributed by atoms with Gasteiger partial charge >= 0.3 is 0 Å². The highest BCUT2D eigenvalue weighted by molar-refractivity contribution is 5.87. The molecule has 0 spiro atoms. The number of aromatic nitrogens is 2. The standard InChI is InChI=1S/C24H25FN2O3/c25-18-3-1-2-17-20-12-26-13-27(20)19(22(17)18)8-21(29)24-9-14-6-15(10-24)23(30-5-4-28)16(7-14)11-24/h1-4,12-16,19,23H,5-11H2. The normalized spacial score (nSPS) is 35.3. The van der Waals surface area contributed by atoms with E-state index in [1.807, 2.05) is 10.6 Å². The molecule has 5 aliphatic rings. The third-order valence-corrected chi connectivity index (χ3v) is 8.18. The molecule has 4 bridgehead atoms. The van der Waals surface area contributed by atoms with E-state index in [2.05, 4.69) is 4.98 Å². The molecular formula is C24H25FN2O3. The molecule has 0 saturated heterocycles. The van der Waals surface area contributed by atoms with Gasteiger partial charge in [-0.3, -0.25) is 4.79 Å². The Morgan fingerprint density at radius 2 is 2.07 bits per heavy atom. The highest BCUT2D eigenvalue weighted by Crippen LogP contribution is 2.62. The van der Waals surface area contributed by atoms with E-state index >= 15 is 0 Å². The van der Waals surface area contributed by atoms with Gasteiger partial charge in [-0.05, 0) is 55.9 Å². The first-order chi connectivity index (χ1) is 14.6. The van der Waals surface area contributed by atoms with Crippen LogP contribution < -0.4 is 0 Å². The number of ether oxygens (including phenoxy) is 1. The van der Waals surface area contributed by atoms with Crippen molar-refractivity contribution in [1.82, 2.24) is 9.55 Å². The Hall–Kier alpha value is -2.34. The van der Waals surface area contributed by atoms with Crippen molar-refractivity contribution in [3.63, 3.8) is 0 Å². The van der Waals surface area contributed by atoms with Crippen molar-refractivity contribution >= 4 is 12.1 Å². The molecule has 1 aromatic carbocycles. The van der Waals surface area contributed by atoms with Gasteiger partial charge in [-0.25, -0.2) is 9.37 Å². The topological polar surface area (TPSA) is 61.2 Å². The van der Waals surface area contributed by atoms with Gasteiger partial charge in [0.25, 0.3) is 0 Å². The number of Topliss-reactive ketones (excluding diaryl/α,β-unsaturated/α-hetero) is 1. The fourth-order valence-corrected chi connectivity index (χ4v) is 7.33. The van der Waals surface area contributed by atoms with Crippen molar-refractivity contribution in [2.24, 2.45) is 23.2 Å². The summed E-state index contributed by atoms with van der Waals surface area (Å²) in [5, 5.41) is 0. The molecule has 3 atom stereocenters. The number of carbonyl (C=O) groups is 2. The summed E-state index contributed by atoms with van der Waals surface area (Å²) in [5.41, 5.74) is 2.04. The number of benzene rings is 1. The molecule has 1 aliphatic heterocycles. The number of carbonyl (C=O) groups excluding carboxylic acids is 2. The van der Waals surface area contributed by atoms with Crippen LogP contribution >= 0.6 is 0 Å². The van der Waals surface area contributed by atoms with Crippen LogP contribution in [0.25, 0.3) is 11.3 Å². The fraction of sp³-hybridized carbons (Fsp3) is 0.542. The predicted octanol–water partition coefficient (Wildman–Crippen LogP) is 3.96. The van der Waals surface area contributed by atoms with Crippen molar-refractivity contribution in [1.29, 1.82) is 0 Å². The van der Waals surface area contributed by atoms with Gasteiger partial charge in [-0.15, -0.1) is 0 Å². The lowest BCUT2D eigenvalue weighted by molar-refractivity contribution is -0.172. The van der Waals surface area contributed by atoms with E-state index in [0.717, 1.165) is 49.6 Å². The molecule has 2 heterocycles. The van der Waals surface area contributed by atoms with Crippen LogP contribution in [0.3, 0.4) is 0 Å². The second kappa shape index (κ2) is 6.58. The van der Waals surface area contributed by atoms with E-state index in [0.29, 0.717) is 29.7 Å². The van der Waals surface area contributed by atoms with Gasteiger partial charge in [-0.2, -0.15) is 0 Å². The number of fused-ring (bicyclic) bond motifs is 3. The Balaban J connectivity index is 1.29. The van der Waals surface area contributed by atoms with Gasteiger partial charge in [0.2, 0.25) is 0 Å². The summed E-state index contributed by atoms with van der Waals surface area (Å²) in [7, 11) is 0. The first kappa shape index (κ1) is 18.4. The van der Waals surface area contributed by atoms with E-state index in [-0.39, 0.29) is 35.8 Å². The quantitative estimate of drug-likeness (QED) is 0.679. The molecule has 4 fully saturated rings. The van der Waals surface area contributed by atoms with Gasteiger partial charge in [0.15, 0.2) is 0 Å². The summed E-state index contributed by atoms with van der Waals surface area (Å²) < 4.78 is 22.6. The van der Waals surface area contributed by atoms with Gasteiger partial charge in [0.1, 0.15) is 24.5 Å². The van der Waals surface area contributed by atoms with E-state index < -0.39 is 0 Å². The predicted molar refractivity (Wildman–Crippen MR) is 107 cm³/mol.